The maximum Gasteiger partial charge on any atom is 0.305 e. The van der Waals surface area contributed by atoms with Gasteiger partial charge in [0.15, 0.2) is 5.82 Å². The van der Waals surface area contributed by atoms with E-state index in [1.165, 1.54) is 5.56 Å². The standard InChI is InChI=1S/C14H18N4O2/c1-11-3-5-12(6-4-11)18(8-7-14(19)20)9-13-16-15-10-17(13)2/h3-6,10H,7-9H2,1-2H3,(H,19,20). The molecule has 1 N–H and O–H groups in total. The largest absolute Gasteiger partial charge is 0.481 e. The minimum atomic E-state index is -0.805. The lowest BCUT2D eigenvalue weighted by Gasteiger charge is -2.23. The fraction of sp³-hybridized carbons (Fsp3) is 0.357. The number of anilines is 1. The molecule has 0 spiro atoms. The Morgan fingerprint density at radius 3 is 2.60 bits per heavy atom. The van der Waals surface area contributed by atoms with Gasteiger partial charge in [0, 0.05) is 19.3 Å². The maximum atomic E-state index is 10.8. The first-order chi connectivity index (χ1) is 9.56. The highest BCUT2D eigenvalue weighted by molar-refractivity contribution is 5.67. The van der Waals surface area contributed by atoms with Crippen molar-refractivity contribution >= 4 is 11.7 Å². The molecule has 1 aromatic carbocycles. The van der Waals surface area contributed by atoms with Crippen molar-refractivity contribution in [2.24, 2.45) is 7.05 Å². The van der Waals surface area contributed by atoms with E-state index < -0.39 is 5.97 Å². The molecule has 0 aliphatic heterocycles. The smallest absolute Gasteiger partial charge is 0.305 e. The Hall–Kier alpha value is -2.37. The van der Waals surface area contributed by atoms with Crippen molar-refractivity contribution in [3.05, 3.63) is 42.0 Å². The second-order valence-corrected chi connectivity index (χ2v) is 4.76. The van der Waals surface area contributed by atoms with Crippen molar-refractivity contribution < 1.29 is 9.90 Å². The Labute approximate surface area is 117 Å². The van der Waals surface area contributed by atoms with Gasteiger partial charge in [0.1, 0.15) is 6.33 Å². The number of hydrogen-bond acceptors (Lipinski definition) is 4. The van der Waals surface area contributed by atoms with Crippen LogP contribution in [0, 0.1) is 6.92 Å². The van der Waals surface area contributed by atoms with E-state index in [0.29, 0.717) is 13.1 Å². The van der Waals surface area contributed by atoms with Crippen LogP contribution in [0.3, 0.4) is 0 Å². The zero-order valence-electron chi connectivity index (χ0n) is 11.7. The predicted octanol–water partition coefficient (Wildman–Crippen LogP) is 1.60. The normalized spacial score (nSPS) is 10.5. The average Bonchev–Trinajstić information content (AvgIpc) is 2.81. The summed E-state index contributed by atoms with van der Waals surface area (Å²) in [6.45, 7) is 2.99. The van der Waals surface area contributed by atoms with Crippen LogP contribution < -0.4 is 4.90 Å². The summed E-state index contributed by atoms with van der Waals surface area (Å²) < 4.78 is 1.84. The van der Waals surface area contributed by atoms with Crippen LogP contribution in [-0.2, 0) is 18.4 Å². The van der Waals surface area contributed by atoms with Crippen molar-refractivity contribution in [3.63, 3.8) is 0 Å². The molecule has 1 aromatic heterocycles. The first-order valence-corrected chi connectivity index (χ1v) is 6.42. The molecule has 0 fully saturated rings. The van der Waals surface area contributed by atoms with Crippen LogP contribution in [-0.4, -0.2) is 32.4 Å². The van der Waals surface area contributed by atoms with Gasteiger partial charge in [0.25, 0.3) is 0 Å². The van der Waals surface area contributed by atoms with Crippen molar-refractivity contribution in [1.82, 2.24) is 14.8 Å². The van der Waals surface area contributed by atoms with Gasteiger partial charge in [-0.1, -0.05) is 17.7 Å². The number of aryl methyl sites for hydroxylation is 2. The second-order valence-electron chi connectivity index (χ2n) is 4.76. The fourth-order valence-electron chi connectivity index (χ4n) is 1.91. The molecular formula is C14H18N4O2. The Morgan fingerprint density at radius 2 is 2.05 bits per heavy atom. The molecule has 0 saturated heterocycles. The molecule has 0 aliphatic rings. The summed E-state index contributed by atoms with van der Waals surface area (Å²) in [5, 5.41) is 16.8. The summed E-state index contributed by atoms with van der Waals surface area (Å²) in [6, 6.07) is 8.01. The molecule has 0 saturated carbocycles. The second kappa shape index (κ2) is 6.18. The van der Waals surface area contributed by atoms with Crippen LogP contribution in [0.1, 0.15) is 17.8 Å². The van der Waals surface area contributed by atoms with Crippen LogP contribution in [0.2, 0.25) is 0 Å². The van der Waals surface area contributed by atoms with E-state index in [9.17, 15) is 4.79 Å². The van der Waals surface area contributed by atoms with Crippen molar-refractivity contribution in [3.8, 4) is 0 Å². The molecule has 0 atom stereocenters. The van der Waals surface area contributed by atoms with Crippen LogP contribution in [0.15, 0.2) is 30.6 Å². The number of aliphatic carboxylic acids is 1. The van der Waals surface area contributed by atoms with Crippen LogP contribution in [0.5, 0.6) is 0 Å². The monoisotopic (exact) mass is 274 g/mol. The molecular weight excluding hydrogens is 256 g/mol. The lowest BCUT2D eigenvalue weighted by atomic mass is 10.2. The minimum absolute atomic E-state index is 0.0890. The van der Waals surface area contributed by atoms with Crippen molar-refractivity contribution in [2.75, 3.05) is 11.4 Å². The van der Waals surface area contributed by atoms with Crippen molar-refractivity contribution in [2.45, 2.75) is 19.9 Å². The van der Waals surface area contributed by atoms with E-state index >= 15 is 0 Å². The molecule has 0 unspecified atom stereocenters. The van der Waals surface area contributed by atoms with Gasteiger partial charge in [0.2, 0.25) is 0 Å². The van der Waals surface area contributed by atoms with E-state index in [4.69, 9.17) is 5.11 Å². The number of aromatic nitrogens is 3. The Morgan fingerprint density at radius 1 is 1.35 bits per heavy atom. The molecule has 6 nitrogen and oxygen atoms in total. The summed E-state index contributed by atoms with van der Waals surface area (Å²) in [4.78, 5) is 12.8. The molecule has 0 radical (unpaired) electrons. The van der Waals surface area contributed by atoms with Gasteiger partial charge in [-0.15, -0.1) is 10.2 Å². The number of benzene rings is 1. The average molecular weight is 274 g/mol. The zero-order valence-corrected chi connectivity index (χ0v) is 11.7. The lowest BCUT2D eigenvalue weighted by Crippen LogP contribution is -2.27. The third-order valence-electron chi connectivity index (χ3n) is 3.13. The highest BCUT2D eigenvalue weighted by Crippen LogP contribution is 2.17. The van der Waals surface area contributed by atoms with Crippen molar-refractivity contribution in [1.29, 1.82) is 0 Å². The molecule has 0 amide bonds. The highest BCUT2D eigenvalue weighted by atomic mass is 16.4. The molecule has 20 heavy (non-hydrogen) atoms. The van der Waals surface area contributed by atoms with E-state index in [2.05, 4.69) is 10.2 Å². The molecule has 0 aliphatic carbocycles. The lowest BCUT2D eigenvalue weighted by molar-refractivity contribution is -0.136. The third-order valence-corrected chi connectivity index (χ3v) is 3.13. The molecule has 106 valence electrons. The molecule has 2 rings (SSSR count). The van der Waals surface area contributed by atoms with Gasteiger partial charge in [-0.05, 0) is 19.1 Å². The van der Waals surface area contributed by atoms with Crippen LogP contribution in [0.4, 0.5) is 5.69 Å². The summed E-state index contributed by atoms with van der Waals surface area (Å²) >= 11 is 0. The quantitative estimate of drug-likeness (QED) is 0.866. The molecule has 6 heteroatoms. The summed E-state index contributed by atoms with van der Waals surface area (Å²) in [5.41, 5.74) is 2.16. The van der Waals surface area contributed by atoms with Gasteiger partial charge in [-0.3, -0.25) is 4.79 Å². The predicted molar refractivity (Wildman–Crippen MR) is 75.5 cm³/mol. The van der Waals surface area contributed by atoms with E-state index in [1.807, 2.05) is 47.7 Å². The number of carbonyl (C=O) groups is 1. The number of rotatable bonds is 6. The Balaban J connectivity index is 2.17. The molecule has 0 bridgehead atoms. The first-order valence-electron chi connectivity index (χ1n) is 6.42. The van der Waals surface area contributed by atoms with E-state index in [-0.39, 0.29) is 6.42 Å². The number of carboxylic acid groups (broad SMARTS) is 1. The first kappa shape index (κ1) is 14.0. The Kier molecular flexibility index (Phi) is 4.34. The third kappa shape index (κ3) is 3.57. The van der Waals surface area contributed by atoms with Gasteiger partial charge in [-0.25, -0.2) is 0 Å². The molecule has 1 heterocycles. The zero-order chi connectivity index (χ0) is 14.5. The van der Waals surface area contributed by atoms with Crippen LogP contribution in [0.25, 0.3) is 0 Å². The van der Waals surface area contributed by atoms with Crippen LogP contribution >= 0.6 is 0 Å². The fourth-order valence-corrected chi connectivity index (χ4v) is 1.91. The topological polar surface area (TPSA) is 71.2 Å². The SMILES string of the molecule is Cc1ccc(N(CCC(=O)O)Cc2nncn2C)cc1. The van der Waals surface area contributed by atoms with Gasteiger partial charge in [-0.2, -0.15) is 0 Å². The van der Waals surface area contributed by atoms with Gasteiger partial charge in [0.05, 0.1) is 13.0 Å². The summed E-state index contributed by atoms with van der Waals surface area (Å²) in [6.07, 6.45) is 1.73. The number of carboxylic acids is 1. The Bertz CT molecular complexity index is 577. The number of nitrogens with zero attached hydrogens (tertiary/aromatic N) is 4. The highest BCUT2D eigenvalue weighted by Gasteiger charge is 2.12. The van der Waals surface area contributed by atoms with E-state index in [1.54, 1.807) is 6.33 Å². The molecule has 2 aromatic rings. The summed E-state index contributed by atoms with van der Waals surface area (Å²) in [7, 11) is 1.87. The summed E-state index contributed by atoms with van der Waals surface area (Å²) in [5.74, 6) is -0.00367. The minimum Gasteiger partial charge on any atom is -0.481 e. The van der Waals surface area contributed by atoms with Gasteiger partial charge < -0.3 is 14.6 Å². The number of hydrogen-bond donors (Lipinski definition) is 1. The van der Waals surface area contributed by atoms with Gasteiger partial charge >= 0.3 is 5.97 Å². The van der Waals surface area contributed by atoms with E-state index in [0.717, 1.165) is 11.5 Å². The maximum absolute atomic E-state index is 10.8.